The zero-order valence-electron chi connectivity index (χ0n) is 15.9. The summed E-state index contributed by atoms with van der Waals surface area (Å²) >= 11 is 1.54. The molecule has 1 amide bonds. The van der Waals surface area contributed by atoms with E-state index >= 15 is 0 Å². The lowest BCUT2D eigenvalue weighted by molar-refractivity contribution is 0.0951. The lowest BCUT2D eigenvalue weighted by Gasteiger charge is -2.11. The molecule has 1 aliphatic heterocycles. The highest BCUT2D eigenvalue weighted by molar-refractivity contribution is 8.00. The third kappa shape index (κ3) is 4.14. The Bertz CT molecular complexity index is 1020. The van der Waals surface area contributed by atoms with Gasteiger partial charge in [-0.1, -0.05) is 6.07 Å². The minimum atomic E-state index is -0.105. The number of anilines is 1. The summed E-state index contributed by atoms with van der Waals surface area (Å²) in [5.74, 6) is 0.874. The Kier molecular flexibility index (Phi) is 5.25. The van der Waals surface area contributed by atoms with Gasteiger partial charge >= 0.3 is 0 Å². The highest BCUT2D eigenvalue weighted by Crippen LogP contribution is 2.31. The first-order valence-corrected chi connectivity index (χ1v) is 9.95. The second-order valence-corrected chi connectivity index (χ2v) is 7.69. The molecule has 0 spiro atoms. The average Bonchev–Trinajstić information content (AvgIpc) is 3.33. The van der Waals surface area contributed by atoms with Crippen molar-refractivity contribution in [3.63, 3.8) is 0 Å². The summed E-state index contributed by atoms with van der Waals surface area (Å²) in [6, 6.07) is 11.9. The SMILES string of the molecule is Cc1ccc(C(=O)NCc2cnn(C)c2)cc1NSc1ccc2c(c1)CCO2. The third-order valence-electron chi connectivity index (χ3n) is 4.65. The van der Waals surface area contributed by atoms with Gasteiger partial charge in [0.25, 0.3) is 5.91 Å². The maximum absolute atomic E-state index is 12.5. The number of aryl methyl sites for hydroxylation is 2. The minimum Gasteiger partial charge on any atom is -0.493 e. The molecule has 2 N–H and O–H groups in total. The van der Waals surface area contributed by atoms with Crippen LogP contribution in [0.1, 0.15) is 27.0 Å². The lowest BCUT2D eigenvalue weighted by atomic mass is 10.1. The molecule has 7 heteroatoms. The van der Waals surface area contributed by atoms with E-state index < -0.39 is 0 Å². The Morgan fingerprint density at radius 1 is 1.29 bits per heavy atom. The van der Waals surface area contributed by atoms with Gasteiger partial charge in [0.05, 0.1) is 12.8 Å². The molecule has 0 saturated heterocycles. The van der Waals surface area contributed by atoms with Crippen LogP contribution in [0.3, 0.4) is 0 Å². The summed E-state index contributed by atoms with van der Waals surface area (Å²) < 4.78 is 10.6. The monoisotopic (exact) mass is 394 g/mol. The van der Waals surface area contributed by atoms with Crippen LogP contribution in [0.5, 0.6) is 5.75 Å². The van der Waals surface area contributed by atoms with E-state index in [1.54, 1.807) is 10.9 Å². The van der Waals surface area contributed by atoms with Gasteiger partial charge in [-0.3, -0.25) is 9.48 Å². The van der Waals surface area contributed by atoms with Crippen LogP contribution >= 0.6 is 11.9 Å². The summed E-state index contributed by atoms with van der Waals surface area (Å²) in [6.45, 7) is 3.23. The number of nitrogens with one attached hydrogen (secondary N) is 2. The number of nitrogens with zero attached hydrogens (tertiary/aromatic N) is 2. The van der Waals surface area contributed by atoms with Gasteiger partial charge < -0.3 is 14.8 Å². The van der Waals surface area contributed by atoms with Crippen LogP contribution in [-0.4, -0.2) is 22.3 Å². The van der Waals surface area contributed by atoms with E-state index in [0.717, 1.165) is 40.5 Å². The van der Waals surface area contributed by atoms with Gasteiger partial charge in [-0.2, -0.15) is 5.10 Å². The first-order chi connectivity index (χ1) is 13.6. The van der Waals surface area contributed by atoms with Crippen LogP contribution < -0.4 is 14.8 Å². The number of carbonyl (C=O) groups is 1. The van der Waals surface area contributed by atoms with Crippen molar-refractivity contribution in [3.05, 3.63) is 71.0 Å². The van der Waals surface area contributed by atoms with Crippen molar-refractivity contribution in [2.75, 3.05) is 11.3 Å². The van der Waals surface area contributed by atoms with Crippen molar-refractivity contribution in [2.45, 2.75) is 24.8 Å². The Hall–Kier alpha value is -2.93. The highest BCUT2D eigenvalue weighted by Gasteiger charge is 2.13. The molecule has 1 aromatic heterocycles. The number of rotatable bonds is 6. The van der Waals surface area contributed by atoms with E-state index in [-0.39, 0.29) is 5.91 Å². The lowest BCUT2D eigenvalue weighted by Crippen LogP contribution is -2.22. The van der Waals surface area contributed by atoms with Crippen molar-refractivity contribution in [2.24, 2.45) is 7.05 Å². The molecule has 0 aliphatic carbocycles. The van der Waals surface area contributed by atoms with Gasteiger partial charge in [-0.15, -0.1) is 0 Å². The molecule has 0 radical (unpaired) electrons. The Morgan fingerprint density at radius 2 is 2.18 bits per heavy atom. The molecule has 1 aliphatic rings. The van der Waals surface area contributed by atoms with Crippen molar-refractivity contribution in [1.82, 2.24) is 15.1 Å². The maximum atomic E-state index is 12.5. The van der Waals surface area contributed by atoms with Crippen LogP contribution in [-0.2, 0) is 20.0 Å². The van der Waals surface area contributed by atoms with Crippen LogP contribution in [0.4, 0.5) is 5.69 Å². The number of fused-ring (bicyclic) bond motifs is 1. The van der Waals surface area contributed by atoms with Crippen molar-refractivity contribution in [1.29, 1.82) is 0 Å². The molecule has 0 fully saturated rings. The summed E-state index contributed by atoms with van der Waals surface area (Å²) in [6.07, 6.45) is 4.59. The molecular weight excluding hydrogens is 372 g/mol. The van der Waals surface area contributed by atoms with Crippen LogP contribution in [0.2, 0.25) is 0 Å². The van der Waals surface area contributed by atoms with Gasteiger partial charge in [-0.25, -0.2) is 0 Å². The fraction of sp³-hybridized carbons (Fsp3) is 0.238. The third-order valence-corrected chi connectivity index (χ3v) is 5.46. The average molecular weight is 395 g/mol. The Balaban J connectivity index is 1.41. The molecule has 0 bridgehead atoms. The van der Waals surface area contributed by atoms with Gasteiger partial charge in [0.15, 0.2) is 0 Å². The first kappa shape index (κ1) is 18.4. The number of carbonyl (C=O) groups excluding carboxylic acids is 1. The van der Waals surface area contributed by atoms with Gasteiger partial charge in [-0.05, 0) is 60.3 Å². The van der Waals surface area contributed by atoms with Crippen molar-refractivity contribution < 1.29 is 9.53 Å². The number of hydrogen-bond donors (Lipinski definition) is 2. The fourth-order valence-corrected chi connectivity index (χ4v) is 3.85. The topological polar surface area (TPSA) is 68.2 Å². The predicted molar refractivity (Wildman–Crippen MR) is 111 cm³/mol. The summed E-state index contributed by atoms with van der Waals surface area (Å²) in [4.78, 5) is 13.6. The van der Waals surface area contributed by atoms with Crippen molar-refractivity contribution in [3.8, 4) is 5.75 Å². The molecule has 144 valence electrons. The molecule has 4 rings (SSSR count). The standard InChI is InChI=1S/C21H22N4O2S/c1-14-3-4-17(21(26)22-11-15-12-23-25(2)13-15)10-19(14)24-28-18-5-6-20-16(9-18)7-8-27-20/h3-6,9-10,12-13,24H,7-8,11H2,1-2H3,(H,22,26). The summed E-state index contributed by atoms with van der Waals surface area (Å²) in [5.41, 5.74) is 4.85. The molecule has 0 saturated carbocycles. The predicted octanol–water partition coefficient (Wildman–Crippen LogP) is 3.71. The largest absolute Gasteiger partial charge is 0.493 e. The molecule has 6 nitrogen and oxygen atoms in total. The first-order valence-electron chi connectivity index (χ1n) is 9.13. The molecule has 28 heavy (non-hydrogen) atoms. The van der Waals surface area contributed by atoms with E-state index in [1.807, 2.05) is 50.5 Å². The zero-order valence-corrected chi connectivity index (χ0v) is 16.7. The van der Waals surface area contributed by atoms with E-state index in [2.05, 4.69) is 21.2 Å². The van der Waals surface area contributed by atoms with E-state index in [0.29, 0.717) is 12.1 Å². The quantitative estimate of drug-likeness (QED) is 0.624. The maximum Gasteiger partial charge on any atom is 0.251 e. The number of ether oxygens (including phenoxy) is 1. The number of hydrogen-bond acceptors (Lipinski definition) is 5. The Labute approximate surface area is 168 Å². The number of aromatic nitrogens is 2. The molecule has 3 aromatic rings. The van der Waals surface area contributed by atoms with Crippen LogP contribution in [0.25, 0.3) is 0 Å². The highest BCUT2D eigenvalue weighted by atomic mass is 32.2. The molecule has 2 heterocycles. The molecule has 2 aromatic carbocycles. The minimum absolute atomic E-state index is 0.105. The van der Waals surface area contributed by atoms with Crippen LogP contribution in [0, 0.1) is 6.92 Å². The second kappa shape index (κ2) is 7.98. The van der Waals surface area contributed by atoms with Gasteiger partial charge in [0, 0.05) is 47.9 Å². The summed E-state index contributed by atoms with van der Waals surface area (Å²) in [7, 11) is 1.86. The Morgan fingerprint density at radius 3 is 3.00 bits per heavy atom. The normalized spacial score (nSPS) is 12.4. The zero-order chi connectivity index (χ0) is 19.5. The van der Waals surface area contributed by atoms with Crippen LogP contribution in [0.15, 0.2) is 53.7 Å². The van der Waals surface area contributed by atoms with E-state index in [1.165, 1.54) is 17.5 Å². The number of amides is 1. The van der Waals surface area contributed by atoms with Gasteiger partial charge in [0.2, 0.25) is 0 Å². The van der Waals surface area contributed by atoms with E-state index in [4.69, 9.17) is 4.74 Å². The smallest absolute Gasteiger partial charge is 0.251 e. The summed E-state index contributed by atoms with van der Waals surface area (Å²) in [5, 5.41) is 7.05. The van der Waals surface area contributed by atoms with Crippen molar-refractivity contribution >= 4 is 23.5 Å². The molecule has 0 unspecified atom stereocenters. The van der Waals surface area contributed by atoms with Gasteiger partial charge in [0.1, 0.15) is 5.75 Å². The number of benzene rings is 2. The molecule has 0 atom stereocenters. The molecular formula is C21H22N4O2S. The fourth-order valence-electron chi connectivity index (χ4n) is 3.06. The second-order valence-electron chi connectivity index (χ2n) is 6.81. The van der Waals surface area contributed by atoms with E-state index in [9.17, 15) is 4.79 Å².